The number of benzene rings is 1. The number of furan rings is 1. The fourth-order valence-corrected chi connectivity index (χ4v) is 3.47. The van der Waals surface area contributed by atoms with Gasteiger partial charge in [-0.2, -0.15) is 0 Å². The van der Waals surface area contributed by atoms with E-state index >= 15 is 0 Å². The number of hydrogen-bond acceptors (Lipinski definition) is 4. The zero-order valence-corrected chi connectivity index (χ0v) is 14.8. The van der Waals surface area contributed by atoms with Crippen LogP contribution in [0, 0.1) is 5.82 Å². The van der Waals surface area contributed by atoms with Gasteiger partial charge in [-0.05, 0) is 36.2 Å². The predicted octanol–water partition coefficient (Wildman–Crippen LogP) is 3.05. The first-order chi connectivity index (χ1) is 12.2. The van der Waals surface area contributed by atoms with Crippen molar-refractivity contribution in [1.29, 1.82) is 0 Å². The van der Waals surface area contributed by atoms with Gasteiger partial charge >= 0.3 is 0 Å². The van der Waals surface area contributed by atoms with Crippen LogP contribution in [0.2, 0.25) is 0 Å². The van der Waals surface area contributed by atoms with Crippen LogP contribution in [0.3, 0.4) is 0 Å². The van der Waals surface area contributed by atoms with E-state index in [1.165, 1.54) is 12.1 Å². The number of aliphatic hydroxyl groups is 1. The van der Waals surface area contributed by atoms with Crippen LogP contribution in [0.1, 0.15) is 30.4 Å². The Morgan fingerprint density at radius 3 is 2.52 bits per heavy atom. The summed E-state index contributed by atoms with van der Waals surface area (Å²) in [6.07, 6.45) is 1.66. The summed E-state index contributed by atoms with van der Waals surface area (Å²) < 4.78 is 18.9. The van der Waals surface area contributed by atoms with Crippen LogP contribution in [-0.4, -0.2) is 47.2 Å². The van der Waals surface area contributed by atoms with Crippen molar-refractivity contribution in [2.24, 2.45) is 0 Å². The summed E-state index contributed by atoms with van der Waals surface area (Å²) in [5, 5.41) is 9.44. The van der Waals surface area contributed by atoms with Gasteiger partial charge in [-0.3, -0.25) is 9.80 Å². The first-order valence-electron chi connectivity index (χ1n) is 9.07. The average Bonchev–Trinajstić information content (AvgIpc) is 3.07. The van der Waals surface area contributed by atoms with Gasteiger partial charge in [0, 0.05) is 45.2 Å². The second-order valence-corrected chi connectivity index (χ2v) is 6.72. The van der Waals surface area contributed by atoms with Gasteiger partial charge in [-0.25, -0.2) is 4.39 Å². The Hall–Kier alpha value is -1.69. The molecule has 1 N–H and O–H groups in total. The first kappa shape index (κ1) is 18.1. The number of nitrogens with zero attached hydrogens (tertiary/aromatic N) is 2. The maximum Gasteiger partial charge on any atom is 0.123 e. The Morgan fingerprint density at radius 2 is 1.84 bits per heavy atom. The van der Waals surface area contributed by atoms with Gasteiger partial charge in [-0.1, -0.05) is 19.1 Å². The van der Waals surface area contributed by atoms with Gasteiger partial charge in [-0.15, -0.1) is 0 Å². The van der Waals surface area contributed by atoms with Gasteiger partial charge in [0.25, 0.3) is 0 Å². The molecule has 1 fully saturated rings. The molecule has 1 aliphatic heterocycles. The monoisotopic (exact) mass is 346 g/mol. The summed E-state index contributed by atoms with van der Waals surface area (Å²) >= 11 is 0. The highest BCUT2D eigenvalue weighted by molar-refractivity contribution is 5.16. The molecular formula is C20H27FN2O2. The molecule has 25 heavy (non-hydrogen) atoms. The van der Waals surface area contributed by atoms with Gasteiger partial charge in [0.15, 0.2) is 0 Å². The van der Waals surface area contributed by atoms with Crippen LogP contribution in [-0.2, 0) is 19.5 Å². The lowest BCUT2D eigenvalue weighted by molar-refractivity contribution is 0.0467. The van der Waals surface area contributed by atoms with E-state index in [0.717, 1.165) is 62.6 Å². The molecule has 2 aromatic rings. The second kappa shape index (κ2) is 8.61. The fourth-order valence-electron chi connectivity index (χ4n) is 3.47. The second-order valence-electron chi connectivity index (χ2n) is 6.72. The summed E-state index contributed by atoms with van der Waals surface area (Å²) in [5.74, 6) is 1.83. The van der Waals surface area contributed by atoms with E-state index in [4.69, 9.17) is 4.42 Å². The van der Waals surface area contributed by atoms with Crippen molar-refractivity contribution in [3.05, 3.63) is 59.3 Å². The molecular weight excluding hydrogens is 319 g/mol. The number of piperazine rings is 1. The normalized spacial score (nSPS) is 19.4. The minimum Gasteiger partial charge on any atom is -0.465 e. The molecule has 0 amide bonds. The molecule has 5 heteroatoms. The molecule has 0 aliphatic carbocycles. The minimum atomic E-state index is -0.203. The SMILES string of the molecule is CCc1ccc(CN2CCN(Cc3ccc(F)cc3)[C@@H](CCO)C2)o1. The summed E-state index contributed by atoms with van der Waals surface area (Å²) in [7, 11) is 0. The lowest BCUT2D eigenvalue weighted by Crippen LogP contribution is -2.52. The molecule has 1 aromatic carbocycles. The number of hydrogen-bond donors (Lipinski definition) is 1. The highest BCUT2D eigenvalue weighted by atomic mass is 19.1. The topological polar surface area (TPSA) is 39.9 Å². The third-order valence-electron chi connectivity index (χ3n) is 4.90. The maximum atomic E-state index is 13.1. The third kappa shape index (κ3) is 4.91. The Balaban J connectivity index is 1.60. The van der Waals surface area contributed by atoms with Gasteiger partial charge < -0.3 is 9.52 Å². The largest absolute Gasteiger partial charge is 0.465 e. The molecule has 0 saturated carbocycles. The highest BCUT2D eigenvalue weighted by Gasteiger charge is 2.27. The molecule has 136 valence electrons. The minimum absolute atomic E-state index is 0.180. The quantitative estimate of drug-likeness (QED) is 0.836. The maximum absolute atomic E-state index is 13.1. The summed E-state index contributed by atoms with van der Waals surface area (Å²) in [5.41, 5.74) is 1.11. The zero-order chi connectivity index (χ0) is 17.6. The van der Waals surface area contributed by atoms with Crippen LogP contribution >= 0.6 is 0 Å². The molecule has 4 nitrogen and oxygen atoms in total. The van der Waals surface area contributed by atoms with Crippen molar-refractivity contribution in [1.82, 2.24) is 9.80 Å². The van der Waals surface area contributed by atoms with E-state index in [0.29, 0.717) is 6.04 Å². The molecule has 0 spiro atoms. The van der Waals surface area contributed by atoms with Crippen LogP contribution in [0.15, 0.2) is 40.8 Å². The molecule has 1 atom stereocenters. The van der Waals surface area contributed by atoms with E-state index in [-0.39, 0.29) is 12.4 Å². The number of halogens is 1. The van der Waals surface area contributed by atoms with E-state index in [9.17, 15) is 9.50 Å². The molecule has 1 saturated heterocycles. The van der Waals surface area contributed by atoms with E-state index in [2.05, 4.69) is 22.8 Å². The first-order valence-corrected chi connectivity index (χ1v) is 9.07. The van der Waals surface area contributed by atoms with Crippen molar-refractivity contribution in [2.75, 3.05) is 26.2 Å². The van der Waals surface area contributed by atoms with E-state index < -0.39 is 0 Å². The van der Waals surface area contributed by atoms with Crippen LogP contribution in [0.4, 0.5) is 4.39 Å². The predicted molar refractivity (Wildman–Crippen MR) is 95.7 cm³/mol. The Bertz CT molecular complexity index is 656. The third-order valence-corrected chi connectivity index (χ3v) is 4.90. The molecule has 0 unspecified atom stereocenters. The molecule has 1 aromatic heterocycles. The fraction of sp³-hybridized carbons (Fsp3) is 0.500. The van der Waals surface area contributed by atoms with E-state index in [1.807, 2.05) is 18.2 Å². The Morgan fingerprint density at radius 1 is 1.08 bits per heavy atom. The molecule has 2 heterocycles. The Kier molecular flexibility index (Phi) is 6.24. The van der Waals surface area contributed by atoms with Crippen molar-refractivity contribution in [3.63, 3.8) is 0 Å². The molecule has 0 radical (unpaired) electrons. The lowest BCUT2D eigenvalue weighted by atomic mass is 10.1. The summed E-state index contributed by atoms with van der Waals surface area (Å²) in [4.78, 5) is 4.78. The van der Waals surface area contributed by atoms with Crippen molar-refractivity contribution in [3.8, 4) is 0 Å². The standard InChI is InChI=1S/C20H27FN2O2/c1-2-19-7-8-20(25-19)15-22-10-11-23(18(14-22)9-12-24)13-16-3-5-17(21)6-4-16/h3-8,18,24H,2,9-15H2,1H3/t18-/m0/s1. The van der Waals surface area contributed by atoms with Gasteiger partial charge in [0.05, 0.1) is 6.54 Å². The summed E-state index contributed by atoms with van der Waals surface area (Å²) in [6.45, 7) is 6.68. The van der Waals surface area contributed by atoms with Gasteiger partial charge in [0.2, 0.25) is 0 Å². The smallest absolute Gasteiger partial charge is 0.123 e. The Labute approximate surface area is 148 Å². The molecule has 1 aliphatic rings. The van der Waals surface area contributed by atoms with Crippen molar-refractivity contribution < 1.29 is 13.9 Å². The number of aliphatic hydroxyl groups excluding tert-OH is 1. The van der Waals surface area contributed by atoms with Crippen molar-refractivity contribution >= 4 is 0 Å². The number of aryl methyl sites for hydroxylation is 1. The highest BCUT2D eigenvalue weighted by Crippen LogP contribution is 2.19. The molecule has 0 bridgehead atoms. The number of rotatable bonds is 7. The van der Waals surface area contributed by atoms with Gasteiger partial charge in [0.1, 0.15) is 17.3 Å². The zero-order valence-electron chi connectivity index (χ0n) is 14.8. The van der Waals surface area contributed by atoms with Crippen LogP contribution in [0.5, 0.6) is 0 Å². The average molecular weight is 346 g/mol. The summed E-state index contributed by atoms with van der Waals surface area (Å²) in [6, 6.07) is 11.1. The van der Waals surface area contributed by atoms with Crippen LogP contribution in [0.25, 0.3) is 0 Å². The molecule has 3 rings (SSSR count). The van der Waals surface area contributed by atoms with Crippen molar-refractivity contribution in [2.45, 2.75) is 38.9 Å². The van der Waals surface area contributed by atoms with Crippen LogP contribution < -0.4 is 0 Å². The van der Waals surface area contributed by atoms with E-state index in [1.54, 1.807) is 0 Å². The lowest BCUT2D eigenvalue weighted by Gasteiger charge is -2.41.